The van der Waals surface area contributed by atoms with Gasteiger partial charge in [0.1, 0.15) is 6.04 Å². The minimum atomic E-state index is -1.00. The van der Waals surface area contributed by atoms with Gasteiger partial charge in [0.2, 0.25) is 0 Å². The van der Waals surface area contributed by atoms with E-state index in [0.29, 0.717) is 0 Å². The summed E-state index contributed by atoms with van der Waals surface area (Å²) >= 11 is 3.65. The lowest BCUT2D eigenvalue weighted by molar-refractivity contribution is -0.138. The van der Waals surface area contributed by atoms with Crippen molar-refractivity contribution in [3.8, 4) is 0 Å². The van der Waals surface area contributed by atoms with Gasteiger partial charge in [0.25, 0.3) is 5.97 Å². The number of rotatable bonds is 2. The van der Waals surface area contributed by atoms with Gasteiger partial charge < -0.3 is 15.9 Å². The van der Waals surface area contributed by atoms with Crippen LogP contribution in [-0.4, -0.2) is 33.9 Å². The molecular formula is C5H11NO4S. The molecule has 11 heavy (non-hydrogen) atoms. The highest BCUT2D eigenvalue weighted by atomic mass is 32.1. The van der Waals surface area contributed by atoms with E-state index in [4.69, 9.17) is 20.7 Å². The number of thiol groups is 1. The minimum Gasteiger partial charge on any atom is -0.481 e. The predicted molar refractivity (Wildman–Crippen MR) is 42.8 cm³/mol. The van der Waals surface area contributed by atoms with Crippen molar-refractivity contribution in [3.63, 3.8) is 0 Å². The monoisotopic (exact) mass is 181 g/mol. The summed E-state index contributed by atoms with van der Waals surface area (Å²) in [5.41, 5.74) is 4.94. The van der Waals surface area contributed by atoms with Crippen LogP contribution < -0.4 is 5.73 Å². The lowest BCUT2D eigenvalue weighted by Crippen LogP contribution is -2.31. The van der Waals surface area contributed by atoms with Gasteiger partial charge >= 0.3 is 5.97 Å². The van der Waals surface area contributed by atoms with Crippen molar-refractivity contribution >= 4 is 24.6 Å². The van der Waals surface area contributed by atoms with Crippen LogP contribution in [-0.2, 0) is 9.59 Å². The Morgan fingerprint density at radius 2 is 1.82 bits per heavy atom. The second-order valence-corrected chi connectivity index (χ2v) is 2.01. The summed E-state index contributed by atoms with van der Waals surface area (Å²) in [5.74, 6) is -1.65. The summed E-state index contributed by atoms with van der Waals surface area (Å²) in [6.45, 7) is 1.08. The van der Waals surface area contributed by atoms with Gasteiger partial charge in [-0.05, 0) is 0 Å². The molecule has 0 fully saturated rings. The topological polar surface area (TPSA) is 101 Å². The molecule has 0 aliphatic carbocycles. The molecule has 0 rings (SSSR count). The molecule has 0 aromatic rings. The summed E-state index contributed by atoms with van der Waals surface area (Å²) in [5, 5.41) is 15.4. The summed E-state index contributed by atoms with van der Waals surface area (Å²) < 4.78 is 0. The van der Waals surface area contributed by atoms with Gasteiger partial charge in [-0.2, -0.15) is 12.6 Å². The second-order valence-electron chi connectivity index (χ2n) is 1.65. The fourth-order valence-electron chi connectivity index (χ4n) is 0.0781. The van der Waals surface area contributed by atoms with E-state index in [1.165, 1.54) is 0 Å². The largest absolute Gasteiger partial charge is 0.481 e. The van der Waals surface area contributed by atoms with Crippen molar-refractivity contribution in [2.45, 2.75) is 13.0 Å². The Hall–Kier alpha value is -0.750. The average molecular weight is 181 g/mol. The normalized spacial score (nSPS) is 10.8. The Balaban J connectivity index is 0. The van der Waals surface area contributed by atoms with Crippen molar-refractivity contribution < 1.29 is 19.8 Å². The second kappa shape index (κ2) is 7.36. The van der Waals surface area contributed by atoms with Crippen LogP contribution in [0.25, 0.3) is 0 Å². The molecule has 6 heteroatoms. The summed E-state index contributed by atoms with van der Waals surface area (Å²) in [7, 11) is 0. The van der Waals surface area contributed by atoms with Crippen LogP contribution in [0.1, 0.15) is 6.92 Å². The Morgan fingerprint density at radius 3 is 1.82 bits per heavy atom. The molecule has 0 aromatic heterocycles. The number of nitrogens with two attached hydrogens (primary N) is 1. The summed E-state index contributed by atoms with van der Waals surface area (Å²) in [6.07, 6.45) is 0. The van der Waals surface area contributed by atoms with Gasteiger partial charge in [-0.3, -0.25) is 9.59 Å². The number of hydrogen-bond donors (Lipinski definition) is 4. The van der Waals surface area contributed by atoms with Gasteiger partial charge in [0, 0.05) is 12.7 Å². The highest BCUT2D eigenvalue weighted by Gasteiger charge is 2.06. The van der Waals surface area contributed by atoms with Crippen molar-refractivity contribution in [1.82, 2.24) is 0 Å². The van der Waals surface area contributed by atoms with Crippen molar-refractivity contribution in [3.05, 3.63) is 0 Å². The van der Waals surface area contributed by atoms with E-state index in [2.05, 4.69) is 12.6 Å². The molecule has 0 spiro atoms. The van der Waals surface area contributed by atoms with Crippen LogP contribution >= 0.6 is 12.6 Å². The molecule has 0 saturated heterocycles. The summed E-state index contributed by atoms with van der Waals surface area (Å²) in [4.78, 5) is 18.8. The number of carboxylic acids is 2. The third kappa shape index (κ3) is 17.6. The van der Waals surface area contributed by atoms with Crippen LogP contribution in [0.5, 0.6) is 0 Å². The Morgan fingerprint density at radius 1 is 1.55 bits per heavy atom. The van der Waals surface area contributed by atoms with Crippen molar-refractivity contribution in [2.75, 3.05) is 5.75 Å². The first-order valence-electron chi connectivity index (χ1n) is 2.70. The molecule has 66 valence electrons. The SMILES string of the molecule is CC(=O)O.NC(CS)C(=O)O. The Bertz CT molecular complexity index is 134. The van der Waals surface area contributed by atoms with E-state index < -0.39 is 18.0 Å². The van der Waals surface area contributed by atoms with E-state index >= 15 is 0 Å². The molecule has 0 bridgehead atoms. The van der Waals surface area contributed by atoms with E-state index in [-0.39, 0.29) is 5.75 Å². The zero-order valence-electron chi connectivity index (χ0n) is 6.02. The Kier molecular flexibility index (Phi) is 8.62. The molecule has 0 saturated carbocycles. The molecule has 0 radical (unpaired) electrons. The average Bonchev–Trinajstić information content (AvgIpc) is 1.85. The fourth-order valence-corrected chi connectivity index (χ4v) is 0.234. The molecule has 0 heterocycles. The maximum absolute atomic E-state index is 9.76. The van der Waals surface area contributed by atoms with Gasteiger partial charge in [0.15, 0.2) is 0 Å². The van der Waals surface area contributed by atoms with E-state index in [1.54, 1.807) is 0 Å². The highest BCUT2D eigenvalue weighted by Crippen LogP contribution is 1.80. The lowest BCUT2D eigenvalue weighted by Gasteiger charge is -1.96. The molecule has 0 aromatic carbocycles. The van der Waals surface area contributed by atoms with Crippen LogP contribution in [0.3, 0.4) is 0 Å². The molecule has 0 aliphatic rings. The third-order valence-corrected chi connectivity index (χ3v) is 0.907. The smallest absolute Gasteiger partial charge is 0.321 e. The van der Waals surface area contributed by atoms with Crippen LogP contribution in [0, 0.1) is 0 Å². The van der Waals surface area contributed by atoms with E-state index in [9.17, 15) is 4.79 Å². The molecule has 5 nitrogen and oxygen atoms in total. The number of carboxylic acid groups (broad SMARTS) is 2. The maximum atomic E-state index is 9.76. The number of carbonyl (C=O) groups is 2. The molecule has 1 atom stereocenters. The predicted octanol–water partition coefficient (Wildman–Crippen LogP) is -0.581. The first-order chi connectivity index (χ1) is 4.91. The fraction of sp³-hybridized carbons (Fsp3) is 0.600. The van der Waals surface area contributed by atoms with Gasteiger partial charge in [-0.25, -0.2) is 0 Å². The zero-order valence-corrected chi connectivity index (χ0v) is 6.91. The molecule has 0 amide bonds. The van der Waals surface area contributed by atoms with Crippen LogP contribution in [0.2, 0.25) is 0 Å². The summed E-state index contributed by atoms with van der Waals surface area (Å²) in [6, 6.07) is -0.816. The maximum Gasteiger partial charge on any atom is 0.321 e. The first-order valence-corrected chi connectivity index (χ1v) is 3.33. The molecule has 4 N–H and O–H groups in total. The number of aliphatic carboxylic acids is 2. The van der Waals surface area contributed by atoms with E-state index in [0.717, 1.165) is 6.92 Å². The Labute approximate surface area is 69.6 Å². The van der Waals surface area contributed by atoms with E-state index in [1.807, 2.05) is 0 Å². The first kappa shape index (κ1) is 12.9. The zero-order chi connectivity index (χ0) is 9.44. The molecule has 0 aliphatic heterocycles. The van der Waals surface area contributed by atoms with Crippen LogP contribution in [0.4, 0.5) is 0 Å². The third-order valence-electron chi connectivity index (χ3n) is 0.514. The van der Waals surface area contributed by atoms with Crippen molar-refractivity contribution in [2.24, 2.45) is 5.73 Å². The van der Waals surface area contributed by atoms with Gasteiger partial charge in [0.05, 0.1) is 0 Å². The molecule has 1 unspecified atom stereocenters. The van der Waals surface area contributed by atoms with Crippen LogP contribution in [0.15, 0.2) is 0 Å². The minimum absolute atomic E-state index is 0.190. The molecular weight excluding hydrogens is 170 g/mol. The quantitative estimate of drug-likeness (QED) is 0.427. The number of hydrogen-bond acceptors (Lipinski definition) is 4. The standard InChI is InChI=1S/C3H7NO2S.C2H4O2/c4-2(1-7)3(5)6;1-2(3)4/h2,7H,1,4H2,(H,5,6);1H3,(H,3,4). The van der Waals surface area contributed by atoms with Gasteiger partial charge in [-0.15, -0.1) is 0 Å². The highest BCUT2D eigenvalue weighted by molar-refractivity contribution is 7.80. The van der Waals surface area contributed by atoms with Crippen molar-refractivity contribution in [1.29, 1.82) is 0 Å². The lowest BCUT2D eigenvalue weighted by atomic mass is 10.4. The van der Waals surface area contributed by atoms with Gasteiger partial charge in [-0.1, -0.05) is 0 Å².